The van der Waals surface area contributed by atoms with Crippen LogP contribution in [0.2, 0.25) is 0 Å². The lowest BCUT2D eigenvalue weighted by Crippen LogP contribution is -2.31. The maximum Gasteiger partial charge on any atom is 0.132 e. The zero-order valence-electron chi connectivity index (χ0n) is 17.2. The minimum absolute atomic E-state index is 0.0504. The monoisotopic (exact) mass is 387 g/mol. The highest BCUT2D eigenvalue weighted by Gasteiger charge is 2.35. The second-order valence-electron chi connectivity index (χ2n) is 7.35. The van der Waals surface area contributed by atoms with Gasteiger partial charge in [-0.25, -0.2) is 0 Å². The number of phenolic OH excluding ortho intramolecular Hbond substituents is 1. The minimum Gasteiger partial charge on any atom is -0.507 e. The van der Waals surface area contributed by atoms with Gasteiger partial charge in [0, 0.05) is 54.9 Å². The van der Waals surface area contributed by atoms with Gasteiger partial charge in [0.15, 0.2) is 0 Å². The van der Waals surface area contributed by atoms with Gasteiger partial charge in [-0.2, -0.15) is 0 Å². The molecule has 0 aliphatic carbocycles. The number of nitrogens with zero attached hydrogens (tertiary/aromatic N) is 3. The molecule has 150 valence electrons. The lowest BCUT2D eigenvalue weighted by atomic mass is 10.1. The van der Waals surface area contributed by atoms with E-state index in [9.17, 15) is 5.11 Å². The van der Waals surface area contributed by atoms with Crippen LogP contribution in [-0.2, 0) is 0 Å². The van der Waals surface area contributed by atoms with E-state index in [1.807, 2.05) is 18.2 Å². The van der Waals surface area contributed by atoms with E-state index in [1.54, 1.807) is 0 Å². The number of phenols is 1. The summed E-state index contributed by atoms with van der Waals surface area (Å²) in [6.07, 6.45) is -0.0504. The third-order valence-corrected chi connectivity index (χ3v) is 5.77. The number of hydrogen-bond acceptors (Lipinski definition) is 4. The first kappa shape index (κ1) is 19.2. The van der Waals surface area contributed by atoms with E-state index in [1.165, 1.54) is 11.4 Å². The van der Waals surface area contributed by atoms with Gasteiger partial charge in [0.1, 0.15) is 11.9 Å². The summed E-state index contributed by atoms with van der Waals surface area (Å²) in [4.78, 5) is 7.00. The molecule has 4 heteroatoms. The van der Waals surface area contributed by atoms with Gasteiger partial charge in [0.25, 0.3) is 0 Å². The van der Waals surface area contributed by atoms with Gasteiger partial charge in [-0.3, -0.25) is 0 Å². The lowest BCUT2D eigenvalue weighted by Gasteiger charge is -2.34. The Bertz CT molecular complexity index is 878. The maximum absolute atomic E-state index is 11.0. The molecule has 1 heterocycles. The van der Waals surface area contributed by atoms with Crippen LogP contribution in [0.3, 0.4) is 0 Å². The van der Waals surface area contributed by atoms with Crippen LogP contribution in [0.1, 0.15) is 25.6 Å². The van der Waals surface area contributed by atoms with E-state index in [-0.39, 0.29) is 6.17 Å². The van der Waals surface area contributed by atoms with Crippen LogP contribution in [0.5, 0.6) is 5.75 Å². The van der Waals surface area contributed by atoms with Crippen molar-refractivity contribution in [3.63, 3.8) is 0 Å². The highest BCUT2D eigenvalue weighted by Crippen LogP contribution is 2.41. The largest absolute Gasteiger partial charge is 0.507 e. The van der Waals surface area contributed by atoms with Crippen molar-refractivity contribution in [3.8, 4) is 5.75 Å². The molecule has 3 aromatic carbocycles. The Morgan fingerprint density at radius 1 is 0.793 bits per heavy atom. The van der Waals surface area contributed by atoms with Crippen molar-refractivity contribution in [3.05, 3.63) is 84.4 Å². The van der Waals surface area contributed by atoms with E-state index < -0.39 is 0 Å². The molecule has 0 saturated carbocycles. The fraction of sp³-hybridized carbons (Fsp3) is 0.280. The standard InChI is InChI=1S/C25H29N3O/c1-3-26(4-2)22-15-16-23(24(29)19-22)25-27(20-11-7-5-8-12-20)17-18-28(25)21-13-9-6-10-14-21/h5-16,19,25,29H,3-4,17-18H2,1-2H3. The van der Waals surface area contributed by atoms with Crippen molar-refractivity contribution in [1.29, 1.82) is 0 Å². The molecule has 3 aromatic rings. The Morgan fingerprint density at radius 3 is 1.76 bits per heavy atom. The molecule has 0 unspecified atom stereocenters. The van der Waals surface area contributed by atoms with E-state index >= 15 is 0 Å². The van der Waals surface area contributed by atoms with Gasteiger partial charge < -0.3 is 19.8 Å². The number of para-hydroxylation sites is 2. The molecule has 0 aromatic heterocycles. The minimum atomic E-state index is -0.0504. The van der Waals surface area contributed by atoms with E-state index in [0.29, 0.717) is 5.75 Å². The van der Waals surface area contributed by atoms with Crippen molar-refractivity contribution < 1.29 is 5.11 Å². The molecular weight excluding hydrogens is 358 g/mol. The van der Waals surface area contributed by atoms with Crippen molar-refractivity contribution >= 4 is 17.1 Å². The molecule has 4 rings (SSSR count). The Labute approximate surface area is 173 Å². The second kappa shape index (κ2) is 8.48. The molecule has 1 fully saturated rings. The summed E-state index contributed by atoms with van der Waals surface area (Å²) in [5.41, 5.74) is 4.34. The number of aromatic hydroxyl groups is 1. The van der Waals surface area contributed by atoms with Gasteiger partial charge >= 0.3 is 0 Å². The Kier molecular flexibility index (Phi) is 5.61. The topological polar surface area (TPSA) is 30.0 Å². The molecule has 1 saturated heterocycles. The number of hydrogen-bond donors (Lipinski definition) is 1. The first-order valence-electron chi connectivity index (χ1n) is 10.4. The molecule has 0 radical (unpaired) electrons. The van der Waals surface area contributed by atoms with Crippen LogP contribution < -0.4 is 14.7 Å². The summed E-state index contributed by atoms with van der Waals surface area (Å²) in [6, 6.07) is 27.1. The lowest BCUT2D eigenvalue weighted by molar-refractivity contribution is 0.461. The highest BCUT2D eigenvalue weighted by molar-refractivity contribution is 5.62. The van der Waals surface area contributed by atoms with Crippen LogP contribution in [0.4, 0.5) is 17.1 Å². The van der Waals surface area contributed by atoms with E-state index in [4.69, 9.17) is 0 Å². The summed E-state index contributed by atoms with van der Waals surface area (Å²) < 4.78 is 0. The van der Waals surface area contributed by atoms with E-state index in [0.717, 1.165) is 37.4 Å². The average Bonchev–Trinajstić information content (AvgIpc) is 3.21. The molecule has 0 amide bonds. The fourth-order valence-electron chi connectivity index (χ4n) is 4.28. The van der Waals surface area contributed by atoms with Gasteiger partial charge in [-0.05, 0) is 50.2 Å². The summed E-state index contributed by atoms with van der Waals surface area (Å²) in [6.45, 7) is 7.93. The fourth-order valence-corrected chi connectivity index (χ4v) is 4.28. The SMILES string of the molecule is CCN(CC)c1ccc(C2N(c3ccccc3)CCN2c2ccccc2)c(O)c1. The zero-order chi connectivity index (χ0) is 20.2. The first-order valence-corrected chi connectivity index (χ1v) is 10.4. The number of anilines is 3. The average molecular weight is 388 g/mol. The van der Waals surface area contributed by atoms with Crippen LogP contribution in [0, 0.1) is 0 Å². The Morgan fingerprint density at radius 2 is 1.31 bits per heavy atom. The molecule has 4 nitrogen and oxygen atoms in total. The van der Waals surface area contributed by atoms with Gasteiger partial charge in [-0.15, -0.1) is 0 Å². The molecule has 0 spiro atoms. The third kappa shape index (κ3) is 3.75. The van der Waals surface area contributed by atoms with Crippen molar-refractivity contribution in [2.75, 3.05) is 40.9 Å². The van der Waals surface area contributed by atoms with Crippen molar-refractivity contribution in [1.82, 2.24) is 0 Å². The molecule has 1 N–H and O–H groups in total. The summed E-state index contributed by atoms with van der Waals surface area (Å²) in [7, 11) is 0. The number of rotatable bonds is 6. The van der Waals surface area contributed by atoms with Gasteiger partial charge in [0.2, 0.25) is 0 Å². The predicted molar refractivity (Wildman–Crippen MR) is 122 cm³/mol. The van der Waals surface area contributed by atoms with Crippen molar-refractivity contribution in [2.45, 2.75) is 20.0 Å². The summed E-state index contributed by atoms with van der Waals surface area (Å²) in [5, 5.41) is 11.0. The quantitative estimate of drug-likeness (QED) is 0.624. The maximum atomic E-state index is 11.0. The molecule has 0 atom stereocenters. The molecule has 0 bridgehead atoms. The number of benzene rings is 3. The first-order chi connectivity index (χ1) is 14.2. The molecule has 1 aliphatic rings. The third-order valence-electron chi connectivity index (χ3n) is 5.77. The predicted octanol–water partition coefficient (Wildman–Crippen LogP) is 5.26. The van der Waals surface area contributed by atoms with Gasteiger partial charge in [-0.1, -0.05) is 36.4 Å². The normalized spacial score (nSPS) is 14.4. The van der Waals surface area contributed by atoms with E-state index in [2.05, 4.69) is 89.2 Å². The Hall–Kier alpha value is -3.14. The summed E-state index contributed by atoms with van der Waals surface area (Å²) >= 11 is 0. The van der Waals surface area contributed by atoms with Crippen LogP contribution in [-0.4, -0.2) is 31.3 Å². The summed E-state index contributed by atoms with van der Waals surface area (Å²) in [5.74, 6) is 0.350. The zero-order valence-corrected chi connectivity index (χ0v) is 17.2. The molecule has 29 heavy (non-hydrogen) atoms. The second-order valence-corrected chi connectivity index (χ2v) is 7.35. The van der Waals surface area contributed by atoms with Crippen LogP contribution >= 0.6 is 0 Å². The van der Waals surface area contributed by atoms with Crippen molar-refractivity contribution in [2.24, 2.45) is 0 Å². The Balaban J connectivity index is 1.76. The molecular formula is C25H29N3O. The molecule has 1 aliphatic heterocycles. The highest BCUT2D eigenvalue weighted by atomic mass is 16.3. The van der Waals surface area contributed by atoms with Crippen LogP contribution in [0.15, 0.2) is 78.9 Å². The van der Waals surface area contributed by atoms with Gasteiger partial charge in [0.05, 0.1) is 0 Å². The smallest absolute Gasteiger partial charge is 0.132 e. The van der Waals surface area contributed by atoms with Crippen LogP contribution in [0.25, 0.3) is 0 Å².